The lowest BCUT2D eigenvalue weighted by Gasteiger charge is -2.19. The fraction of sp³-hybridized carbons (Fsp3) is 0.333. The number of ether oxygens (including phenoxy) is 2. The van der Waals surface area contributed by atoms with Gasteiger partial charge in [0.15, 0.2) is 0 Å². The number of nitrogens with zero attached hydrogens (tertiary/aromatic N) is 1. The number of rotatable bonds is 5. The number of phenols is 1. The third kappa shape index (κ3) is 6.18. The number of benzene rings is 2. The van der Waals surface area contributed by atoms with Gasteiger partial charge in [-0.3, -0.25) is 4.79 Å². The highest BCUT2D eigenvalue weighted by Crippen LogP contribution is 2.12. The Balaban J connectivity index is 1.42. The van der Waals surface area contributed by atoms with Gasteiger partial charge in [0.25, 0.3) is 5.91 Å². The molecule has 1 unspecified atom stereocenters. The fourth-order valence-corrected chi connectivity index (χ4v) is 2.91. The van der Waals surface area contributed by atoms with Gasteiger partial charge in [-0.2, -0.15) is 0 Å². The molecule has 0 bridgehead atoms. The topological polar surface area (TPSA) is 88.1 Å². The Hall–Kier alpha value is -3.13. The van der Waals surface area contributed by atoms with Gasteiger partial charge in [-0.25, -0.2) is 9.18 Å². The van der Waals surface area contributed by atoms with Gasteiger partial charge >= 0.3 is 6.09 Å². The van der Waals surface area contributed by atoms with Crippen LogP contribution in [0.25, 0.3) is 0 Å². The van der Waals surface area contributed by atoms with Gasteiger partial charge in [-0.1, -0.05) is 12.1 Å². The number of carbonyl (C=O) groups is 2. The van der Waals surface area contributed by atoms with Crippen molar-refractivity contribution in [3.63, 3.8) is 0 Å². The van der Waals surface area contributed by atoms with Gasteiger partial charge in [0.05, 0.1) is 12.7 Å². The summed E-state index contributed by atoms with van der Waals surface area (Å²) in [6, 6.07) is 11.8. The van der Waals surface area contributed by atoms with E-state index in [1.165, 1.54) is 36.4 Å². The minimum Gasteiger partial charge on any atom is -0.508 e. The Morgan fingerprint density at radius 2 is 1.86 bits per heavy atom. The maximum atomic E-state index is 12.9. The first-order valence-corrected chi connectivity index (χ1v) is 9.36. The van der Waals surface area contributed by atoms with Crippen LogP contribution >= 0.6 is 0 Å². The molecular formula is C21H23FN2O5. The van der Waals surface area contributed by atoms with E-state index in [4.69, 9.17) is 9.47 Å². The Bertz CT molecular complexity index is 826. The maximum absolute atomic E-state index is 12.9. The van der Waals surface area contributed by atoms with Crippen molar-refractivity contribution < 1.29 is 28.6 Å². The van der Waals surface area contributed by atoms with E-state index in [1.807, 2.05) is 0 Å². The number of halogens is 1. The van der Waals surface area contributed by atoms with Crippen molar-refractivity contribution in [1.82, 2.24) is 10.2 Å². The van der Waals surface area contributed by atoms with E-state index in [0.29, 0.717) is 43.8 Å². The highest BCUT2D eigenvalue weighted by Gasteiger charge is 2.22. The summed E-state index contributed by atoms with van der Waals surface area (Å²) >= 11 is 0. The minimum atomic E-state index is -0.452. The lowest BCUT2D eigenvalue weighted by Crippen LogP contribution is -2.35. The molecule has 2 aromatic rings. The molecule has 1 saturated heterocycles. The number of amides is 2. The molecule has 2 N–H and O–H groups in total. The van der Waals surface area contributed by atoms with Crippen LogP contribution in [-0.4, -0.2) is 54.4 Å². The minimum absolute atomic E-state index is 0.0720. The van der Waals surface area contributed by atoms with E-state index in [2.05, 4.69) is 5.32 Å². The molecule has 0 radical (unpaired) electrons. The summed E-state index contributed by atoms with van der Waals surface area (Å²) < 4.78 is 23.9. The van der Waals surface area contributed by atoms with Crippen LogP contribution in [0.2, 0.25) is 0 Å². The van der Waals surface area contributed by atoms with Crippen molar-refractivity contribution in [3.8, 4) is 5.75 Å². The van der Waals surface area contributed by atoms with E-state index in [-0.39, 0.29) is 30.2 Å². The zero-order valence-corrected chi connectivity index (χ0v) is 15.8. The average molecular weight is 402 g/mol. The Morgan fingerprint density at radius 3 is 2.59 bits per heavy atom. The summed E-state index contributed by atoms with van der Waals surface area (Å²) in [4.78, 5) is 26.0. The molecule has 2 amide bonds. The van der Waals surface area contributed by atoms with Crippen LogP contribution < -0.4 is 5.32 Å². The van der Waals surface area contributed by atoms with Gasteiger partial charge < -0.3 is 24.8 Å². The number of aromatic hydroxyl groups is 1. The van der Waals surface area contributed by atoms with Crippen molar-refractivity contribution in [1.29, 1.82) is 0 Å². The highest BCUT2D eigenvalue weighted by atomic mass is 19.1. The first-order chi connectivity index (χ1) is 14.0. The molecule has 0 spiro atoms. The predicted octanol–water partition coefficient (Wildman–Crippen LogP) is 2.69. The first kappa shape index (κ1) is 20.6. The third-order valence-electron chi connectivity index (χ3n) is 4.59. The van der Waals surface area contributed by atoms with Gasteiger partial charge in [0.2, 0.25) is 0 Å². The second kappa shape index (κ2) is 9.88. The zero-order valence-electron chi connectivity index (χ0n) is 15.8. The smallest absolute Gasteiger partial charge is 0.410 e. The van der Waals surface area contributed by atoms with E-state index in [0.717, 1.165) is 0 Å². The summed E-state index contributed by atoms with van der Waals surface area (Å²) in [5.74, 6) is -0.498. The lowest BCUT2D eigenvalue weighted by atomic mass is 10.2. The van der Waals surface area contributed by atoms with Gasteiger partial charge in [-0.15, -0.1) is 0 Å². The third-order valence-corrected chi connectivity index (χ3v) is 4.59. The number of nitrogens with one attached hydrogen (secondary N) is 1. The van der Waals surface area contributed by atoms with Crippen LogP contribution in [0.4, 0.5) is 9.18 Å². The van der Waals surface area contributed by atoms with Crippen molar-refractivity contribution in [3.05, 3.63) is 65.5 Å². The van der Waals surface area contributed by atoms with Gasteiger partial charge in [-0.05, 0) is 48.4 Å². The molecule has 8 heteroatoms. The molecule has 29 heavy (non-hydrogen) atoms. The predicted molar refractivity (Wildman–Crippen MR) is 103 cm³/mol. The Morgan fingerprint density at radius 1 is 1.14 bits per heavy atom. The second-order valence-electron chi connectivity index (χ2n) is 6.71. The zero-order chi connectivity index (χ0) is 20.6. The molecule has 7 nitrogen and oxygen atoms in total. The Kier molecular flexibility index (Phi) is 7.02. The SMILES string of the molecule is O=C(NCC1CCN(C(=O)OCc2ccc(F)cc2)CCO1)c1ccc(O)cc1. The number of carbonyl (C=O) groups excluding carboxylic acids is 2. The summed E-state index contributed by atoms with van der Waals surface area (Å²) in [5.41, 5.74) is 1.16. The number of hydrogen-bond donors (Lipinski definition) is 2. The summed E-state index contributed by atoms with van der Waals surface area (Å²) in [7, 11) is 0. The molecule has 1 heterocycles. The molecule has 154 valence electrons. The van der Waals surface area contributed by atoms with Crippen LogP contribution in [0.5, 0.6) is 5.75 Å². The largest absolute Gasteiger partial charge is 0.508 e. The maximum Gasteiger partial charge on any atom is 0.410 e. The molecular weight excluding hydrogens is 379 g/mol. The summed E-state index contributed by atoms with van der Waals surface area (Å²) in [5, 5.41) is 12.1. The second-order valence-corrected chi connectivity index (χ2v) is 6.71. The van der Waals surface area contributed by atoms with Crippen molar-refractivity contribution in [2.45, 2.75) is 19.1 Å². The lowest BCUT2D eigenvalue weighted by molar-refractivity contribution is 0.0569. The monoisotopic (exact) mass is 402 g/mol. The van der Waals surface area contributed by atoms with Crippen LogP contribution in [-0.2, 0) is 16.1 Å². The molecule has 1 fully saturated rings. The molecule has 1 aliphatic rings. The molecule has 1 atom stereocenters. The van der Waals surface area contributed by atoms with Crippen LogP contribution in [0, 0.1) is 5.82 Å². The van der Waals surface area contributed by atoms with E-state index in [9.17, 15) is 19.1 Å². The van der Waals surface area contributed by atoms with Crippen LogP contribution in [0.15, 0.2) is 48.5 Å². The van der Waals surface area contributed by atoms with Gasteiger partial charge in [0.1, 0.15) is 18.2 Å². The first-order valence-electron chi connectivity index (χ1n) is 9.36. The quantitative estimate of drug-likeness (QED) is 0.803. The van der Waals surface area contributed by atoms with E-state index < -0.39 is 6.09 Å². The Labute approximate surface area is 168 Å². The molecule has 0 saturated carbocycles. The molecule has 2 aromatic carbocycles. The molecule has 3 rings (SSSR count). The van der Waals surface area contributed by atoms with E-state index >= 15 is 0 Å². The summed E-state index contributed by atoms with van der Waals surface area (Å²) in [6.45, 7) is 1.57. The summed E-state index contributed by atoms with van der Waals surface area (Å²) in [6.07, 6.45) is -0.112. The average Bonchev–Trinajstić information content (AvgIpc) is 2.98. The number of phenolic OH excluding ortho intramolecular Hbond substituents is 1. The number of hydrogen-bond acceptors (Lipinski definition) is 5. The van der Waals surface area contributed by atoms with E-state index in [1.54, 1.807) is 17.0 Å². The standard InChI is InChI=1S/C21H23FN2O5/c22-17-5-1-15(2-6-17)14-29-21(27)24-10-9-19(28-12-11-24)13-23-20(26)16-3-7-18(25)8-4-16/h1-8,19,25H,9-14H2,(H,23,26). The van der Waals surface area contributed by atoms with Crippen LogP contribution in [0.1, 0.15) is 22.3 Å². The normalized spacial score (nSPS) is 16.7. The fourth-order valence-electron chi connectivity index (χ4n) is 2.91. The van der Waals surface area contributed by atoms with Crippen molar-refractivity contribution >= 4 is 12.0 Å². The highest BCUT2D eigenvalue weighted by molar-refractivity contribution is 5.94. The molecule has 0 aliphatic carbocycles. The molecule has 0 aromatic heterocycles. The van der Waals surface area contributed by atoms with Crippen molar-refractivity contribution in [2.75, 3.05) is 26.2 Å². The van der Waals surface area contributed by atoms with Crippen molar-refractivity contribution in [2.24, 2.45) is 0 Å². The molecule has 1 aliphatic heterocycles. The van der Waals surface area contributed by atoms with Crippen LogP contribution in [0.3, 0.4) is 0 Å². The van der Waals surface area contributed by atoms with Gasteiger partial charge in [0, 0.05) is 25.2 Å².